The Morgan fingerprint density at radius 1 is 1.05 bits per heavy atom. The quantitative estimate of drug-likeness (QED) is 0.680. The Labute approximate surface area is 127 Å². The minimum atomic E-state index is -0.152. The Bertz CT molecular complexity index is 572. The summed E-state index contributed by atoms with van der Waals surface area (Å²) in [5.41, 5.74) is 4.40. The zero-order valence-electron chi connectivity index (χ0n) is 11.2. The number of alkyl halides is 1. The maximum absolute atomic E-state index is 6.58. The molecule has 100 valence electrons. The van der Waals surface area contributed by atoms with Gasteiger partial charge >= 0.3 is 0 Å². The van der Waals surface area contributed by atoms with Crippen LogP contribution in [0.1, 0.15) is 27.6 Å². The lowest BCUT2D eigenvalue weighted by Crippen LogP contribution is -1.98. The van der Waals surface area contributed by atoms with Gasteiger partial charge in [0.25, 0.3) is 0 Å². The highest BCUT2D eigenvalue weighted by Gasteiger charge is 2.14. The SMILES string of the molecule is COc1c(C)cc(C(Cl)c2cccc(Br)c2)cc1C. The van der Waals surface area contributed by atoms with Crippen molar-refractivity contribution >= 4 is 27.5 Å². The fourth-order valence-corrected chi connectivity index (χ4v) is 2.99. The summed E-state index contributed by atoms with van der Waals surface area (Å²) in [7, 11) is 1.70. The van der Waals surface area contributed by atoms with Gasteiger partial charge in [0.2, 0.25) is 0 Å². The average molecular weight is 340 g/mol. The third kappa shape index (κ3) is 3.13. The molecule has 0 saturated carbocycles. The van der Waals surface area contributed by atoms with E-state index < -0.39 is 0 Å². The molecule has 2 aromatic rings. The molecule has 0 aliphatic carbocycles. The first-order valence-corrected chi connectivity index (χ1v) is 7.30. The molecule has 0 heterocycles. The molecule has 0 spiro atoms. The van der Waals surface area contributed by atoms with Gasteiger partial charge in [0.1, 0.15) is 5.75 Å². The van der Waals surface area contributed by atoms with Crippen molar-refractivity contribution in [3.63, 3.8) is 0 Å². The molecule has 1 atom stereocenters. The van der Waals surface area contributed by atoms with Crippen LogP contribution in [0.2, 0.25) is 0 Å². The van der Waals surface area contributed by atoms with Crippen molar-refractivity contribution in [3.8, 4) is 5.75 Å². The number of halogens is 2. The van der Waals surface area contributed by atoms with E-state index in [9.17, 15) is 0 Å². The standard InChI is InChI=1S/C16H16BrClO/c1-10-7-13(8-11(2)16(10)19-3)15(18)12-5-4-6-14(17)9-12/h4-9,15H,1-3H3. The highest BCUT2D eigenvalue weighted by Crippen LogP contribution is 2.34. The Balaban J connectivity index is 2.42. The number of rotatable bonds is 3. The fourth-order valence-electron chi connectivity index (χ4n) is 2.31. The first-order valence-electron chi connectivity index (χ1n) is 6.07. The van der Waals surface area contributed by atoms with Crippen LogP contribution in [-0.2, 0) is 0 Å². The first kappa shape index (κ1) is 14.4. The Morgan fingerprint density at radius 2 is 1.68 bits per heavy atom. The van der Waals surface area contributed by atoms with E-state index in [1.165, 1.54) is 0 Å². The molecule has 3 heteroatoms. The molecule has 2 rings (SSSR count). The van der Waals surface area contributed by atoms with Gasteiger partial charge in [-0.15, -0.1) is 11.6 Å². The molecule has 1 nitrogen and oxygen atoms in total. The van der Waals surface area contributed by atoms with E-state index >= 15 is 0 Å². The zero-order chi connectivity index (χ0) is 14.0. The Kier molecular flexibility index (Phi) is 4.54. The normalized spacial score (nSPS) is 12.3. The molecule has 19 heavy (non-hydrogen) atoms. The van der Waals surface area contributed by atoms with Crippen molar-refractivity contribution in [3.05, 3.63) is 63.1 Å². The second-order valence-corrected chi connectivity index (χ2v) is 5.96. The molecule has 0 aromatic heterocycles. The highest BCUT2D eigenvalue weighted by molar-refractivity contribution is 9.10. The van der Waals surface area contributed by atoms with Gasteiger partial charge in [-0.3, -0.25) is 0 Å². The van der Waals surface area contributed by atoms with Crippen LogP contribution in [0.15, 0.2) is 40.9 Å². The molecule has 0 N–H and O–H groups in total. The van der Waals surface area contributed by atoms with Gasteiger partial charge in [-0.05, 0) is 48.2 Å². The number of aryl methyl sites for hydroxylation is 2. The molecular weight excluding hydrogens is 324 g/mol. The largest absolute Gasteiger partial charge is 0.496 e. The molecule has 0 aliphatic heterocycles. The summed E-state index contributed by atoms with van der Waals surface area (Å²) in [5, 5.41) is -0.152. The molecule has 0 radical (unpaired) electrons. The maximum Gasteiger partial charge on any atom is 0.124 e. The predicted molar refractivity (Wildman–Crippen MR) is 84.3 cm³/mol. The highest BCUT2D eigenvalue weighted by atomic mass is 79.9. The van der Waals surface area contributed by atoms with Gasteiger partial charge in [0.15, 0.2) is 0 Å². The van der Waals surface area contributed by atoms with Crippen LogP contribution >= 0.6 is 27.5 Å². The summed E-state index contributed by atoms with van der Waals surface area (Å²) in [4.78, 5) is 0. The average Bonchev–Trinajstić information content (AvgIpc) is 2.37. The van der Waals surface area contributed by atoms with Crippen molar-refractivity contribution in [1.29, 1.82) is 0 Å². The van der Waals surface area contributed by atoms with E-state index in [-0.39, 0.29) is 5.38 Å². The summed E-state index contributed by atoms with van der Waals surface area (Å²) in [5.74, 6) is 0.932. The molecule has 1 unspecified atom stereocenters. The third-order valence-electron chi connectivity index (χ3n) is 3.12. The molecule has 2 aromatic carbocycles. The Hall–Kier alpha value is -0.990. The smallest absolute Gasteiger partial charge is 0.124 e. The van der Waals surface area contributed by atoms with Gasteiger partial charge in [-0.1, -0.05) is 40.2 Å². The summed E-state index contributed by atoms with van der Waals surface area (Å²) >= 11 is 10.1. The van der Waals surface area contributed by atoms with E-state index in [4.69, 9.17) is 16.3 Å². The summed E-state index contributed by atoms with van der Waals surface area (Å²) < 4.78 is 6.42. The number of hydrogen-bond acceptors (Lipinski definition) is 1. The van der Waals surface area contributed by atoms with E-state index in [0.717, 1.165) is 32.5 Å². The fraction of sp³-hybridized carbons (Fsp3) is 0.250. The van der Waals surface area contributed by atoms with Crippen LogP contribution in [0.25, 0.3) is 0 Å². The Morgan fingerprint density at radius 3 is 2.21 bits per heavy atom. The van der Waals surface area contributed by atoms with Crippen molar-refractivity contribution in [2.24, 2.45) is 0 Å². The van der Waals surface area contributed by atoms with Crippen LogP contribution in [-0.4, -0.2) is 7.11 Å². The topological polar surface area (TPSA) is 9.23 Å². The molecular formula is C16H16BrClO. The second kappa shape index (κ2) is 5.98. The van der Waals surface area contributed by atoms with E-state index in [0.29, 0.717) is 0 Å². The van der Waals surface area contributed by atoms with Crippen LogP contribution in [0, 0.1) is 13.8 Å². The van der Waals surface area contributed by atoms with Crippen molar-refractivity contribution in [1.82, 2.24) is 0 Å². The molecule has 0 fully saturated rings. The summed E-state index contributed by atoms with van der Waals surface area (Å²) in [6, 6.07) is 12.3. The first-order chi connectivity index (χ1) is 9.02. The van der Waals surface area contributed by atoms with E-state index in [1.807, 2.05) is 38.1 Å². The molecule has 0 saturated heterocycles. The van der Waals surface area contributed by atoms with Gasteiger partial charge < -0.3 is 4.74 Å². The van der Waals surface area contributed by atoms with E-state index in [1.54, 1.807) is 7.11 Å². The van der Waals surface area contributed by atoms with Crippen LogP contribution in [0.4, 0.5) is 0 Å². The van der Waals surface area contributed by atoms with Gasteiger partial charge in [0, 0.05) is 4.47 Å². The molecule has 0 amide bonds. The second-order valence-electron chi connectivity index (χ2n) is 4.61. The van der Waals surface area contributed by atoms with Gasteiger partial charge in [-0.2, -0.15) is 0 Å². The number of hydrogen-bond donors (Lipinski definition) is 0. The lowest BCUT2D eigenvalue weighted by molar-refractivity contribution is 0.408. The predicted octanol–water partition coefficient (Wildman–Crippen LogP) is 5.40. The summed E-state index contributed by atoms with van der Waals surface area (Å²) in [6.07, 6.45) is 0. The van der Waals surface area contributed by atoms with Crippen LogP contribution in [0.3, 0.4) is 0 Å². The minimum Gasteiger partial charge on any atom is -0.496 e. The van der Waals surface area contributed by atoms with Crippen LogP contribution < -0.4 is 4.74 Å². The van der Waals surface area contributed by atoms with Crippen LogP contribution in [0.5, 0.6) is 5.75 Å². The lowest BCUT2D eigenvalue weighted by atomic mass is 9.99. The monoisotopic (exact) mass is 338 g/mol. The summed E-state index contributed by atoms with van der Waals surface area (Å²) in [6.45, 7) is 4.08. The number of ether oxygens (including phenoxy) is 1. The van der Waals surface area contributed by atoms with Gasteiger partial charge in [0.05, 0.1) is 12.5 Å². The van der Waals surface area contributed by atoms with E-state index in [2.05, 4.69) is 28.1 Å². The third-order valence-corrected chi connectivity index (χ3v) is 4.12. The maximum atomic E-state index is 6.58. The molecule has 0 aliphatic rings. The van der Waals surface area contributed by atoms with Crippen molar-refractivity contribution < 1.29 is 4.74 Å². The lowest BCUT2D eigenvalue weighted by Gasteiger charge is -2.15. The zero-order valence-corrected chi connectivity index (χ0v) is 13.5. The minimum absolute atomic E-state index is 0.152. The molecule has 0 bridgehead atoms. The van der Waals surface area contributed by atoms with Crippen molar-refractivity contribution in [2.75, 3.05) is 7.11 Å². The van der Waals surface area contributed by atoms with Crippen molar-refractivity contribution in [2.45, 2.75) is 19.2 Å². The number of benzene rings is 2. The number of methoxy groups -OCH3 is 1. The van der Waals surface area contributed by atoms with Gasteiger partial charge in [-0.25, -0.2) is 0 Å².